The number of carbonyl (C=O) groups is 1. The molecule has 0 bridgehead atoms. The molecule has 26 heavy (non-hydrogen) atoms. The summed E-state index contributed by atoms with van der Waals surface area (Å²) >= 11 is 6.09. The van der Waals surface area contributed by atoms with Crippen LogP contribution in [0.5, 0.6) is 0 Å². The van der Waals surface area contributed by atoms with Crippen molar-refractivity contribution in [3.63, 3.8) is 0 Å². The number of rotatable bonds is 5. The van der Waals surface area contributed by atoms with Crippen LogP contribution < -0.4 is 15.1 Å². The van der Waals surface area contributed by atoms with E-state index in [-0.39, 0.29) is 5.91 Å². The Morgan fingerprint density at radius 2 is 1.96 bits per heavy atom. The van der Waals surface area contributed by atoms with Crippen LogP contribution in [0.25, 0.3) is 0 Å². The average molecular weight is 372 g/mol. The van der Waals surface area contributed by atoms with Gasteiger partial charge in [-0.3, -0.25) is 4.79 Å². The van der Waals surface area contributed by atoms with E-state index in [1.807, 2.05) is 25.1 Å². The monoisotopic (exact) mass is 371 g/mol. The van der Waals surface area contributed by atoms with E-state index in [2.05, 4.69) is 37.7 Å². The Balaban J connectivity index is 1.70. The number of benzene rings is 1. The second kappa shape index (κ2) is 8.19. The number of hydrogen-bond donors (Lipinski definition) is 1. The summed E-state index contributed by atoms with van der Waals surface area (Å²) in [6.07, 6.45) is 1.64. The van der Waals surface area contributed by atoms with E-state index in [4.69, 9.17) is 11.6 Å². The maximum atomic E-state index is 12.2. The number of halogens is 1. The summed E-state index contributed by atoms with van der Waals surface area (Å²) in [5.41, 5.74) is 2.27. The zero-order valence-corrected chi connectivity index (χ0v) is 15.5. The van der Waals surface area contributed by atoms with Crippen molar-refractivity contribution < 1.29 is 4.79 Å². The molecule has 1 fully saturated rings. The largest absolute Gasteiger partial charge is 0.368 e. The molecule has 6 nitrogen and oxygen atoms in total. The highest BCUT2D eigenvalue weighted by Gasteiger charge is 2.21. The lowest BCUT2D eigenvalue weighted by molar-refractivity contribution is 0.0953. The van der Waals surface area contributed by atoms with E-state index in [1.165, 1.54) is 0 Å². The summed E-state index contributed by atoms with van der Waals surface area (Å²) in [4.78, 5) is 25.5. The number of nitrogens with zero attached hydrogens (tertiary/aromatic N) is 4. The van der Waals surface area contributed by atoms with Crippen molar-refractivity contribution in [1.82, 2.24) is 15.3 Å². The van der Waals surface area contributed by atoms with Gasteiger partial charge in [0.05, 0.1) is 0 Å². The first-order valence-corrected chi connectivity index (χ1v) is 8.95. The zero-order valence-electron chi connectivity index (χ0n) is 14.8. The summed E-state index contributed by atoms with van der Waals surface area (Å²) in [6, 6.07) is 9.57. The van der Waals surface area contributed by atoms with Gasteiger partial charge in [0, 0.05) is 49.1 Å². The number of anilines is 2. The highest BCUT2D eigenvalue weighted by atomic mass is 35.5. The first-order valence-electron chi connectivity index (χ1n) is 8.57. The number of aryl methyl sites for hydroxylation is 1. The highest BCUT2D eigenvalue weighted by Crippen LogP contribution is 2.22. The van der Waals surface area contributed by atoms with Crippen molar-refractivity contribution in [2.24, 2.45) is 0 Å². The van der Waals surface area contributed by atoms with Crippen molar-refractivity contribution in [3.05, 3.63) is 59.4 Å². The molecule has 3 rings (SSSR count). The number of nitrogens with one attached hydrogen (secondary N) is 1. The third-order valence-corrected chi connectivity index (χ3v) is 4.45. The van der Waals surface area contributed by atoms with Gasteiger partial charge < -0.3 is 15.1 Å². The van der Waals surface area contributed by atoms with Crippen molar-refractivity contribution >= 4 is 29.1 Å². The van der Waals surface area contributed by atoms with Gasteiger partial charge >= 0.3 is 0 Å². The molecule has 1 aromatic heterocycles. The number of piperazine rings is 1. The first-order chi connectivity index (χ1) is 12.6. The molecule has 1 amide bonds. The van der Waals surface area contributed by atoms with Crippen molar-refractivity contribution in [1.29, 1.82) is 0 Å². The minimum Gasteiger partial charge on any atom is -0.368 e. The standard InChI is InChI=1S/C19H22ClN5O/c1-3-7-21-18(26)17-12-14(2)22-19(23-17)25-10-8-24(9-11-25)16-6-4-5-15(20)13-16/h3-6,12-13H,1,7-11H2,2H3,(H,21,26). The molecule has 136 valence electrons. The van der Waals surface area contributed by atoms with Gasteiger partial charge in [-0.2, -0.15) is 0 Å². The van der Waals surface area contributed by atoms with Gasteiger partial charge in [-0.05, 0) is 31.2 Å². The molecule has 0 radical (unpaired) electrons. The number of carbonyl (C=O) groups excluding carboxylic acids is 1. The summed E-state index contributed by atoms with van der Waals surface area (Å²) in [7, 11) is 0. The Kier molecular flexibility index (Phi) is 5.73. The Labute approximate surface area is 158 Å². The smallest absolute Gasteiger partial charge is 0.270 e. The van der Waals surface area contributed by atoms with Gasteiger partial charge in [0.1, 0.15) is 5.69 Å². The van der Waals surface area contributed by atoms with Crippen molar-refractivity contribution in [3.8, 4) is 0 Å². The quantitative estimate of drug-likeness (QED) is 0.819. The van der Waals surface area contributed by atoms with Crippen LogP contribution in [0, 0.1) is 6.92 Å². The van der Waals surface area contributed by atoms with Gasteiger partial charge in [0.2, 0.25) is 5.95 Å². The molecule has 0 unspecified atom stereocenters. The van der Waals surface area contributed by atoms with E-state index < -0.39 is 0 Å². The molecule has 1 aromatic carbocycles. The van der Waals surface area contributed by atoms with Crippen molar-refractivity contribution in [2.75, 3.05) is 42.5 Å². The lowest BCUT2D eigenvalue weighted by Gasteiger charge is -2.36. The molecule has 2 heterocycles. The van der Waals surface area contributed by atoms with Crippen LogP contribution in [0.3, 0.4) is 0 Å². The second-order valence-electron chi connectivity index (χ2n) is 6.15. The molecule has 0 saturated carbocycles. The number of hydrogen-bond acceptors (Lipinski definition) is 5. The number of aromatic nitrogens is 2. The Morgan fingerprint density at radius 3 is 2.65 bits per heavy atom. The molecule has 0 aliphatic carbocycles. The van der Waals surface area contributed by atoms with E-state index in [0.29, 0.717) is 18.2 Å². The van der Waals surface area contributed by atoms with E-state index in [9.17, 15) is 4.79 Å². The molecular weight excluding hydrogens is 350 g/mol. The van der Waals surface area contributed by atoms with Crippen LogP contribution in [-0.2, 0) is 0 Å². The molecule has 1 aliphatic heterocycles. The SMILES string of the molecule is C=CCNC(=O)c1cc(C)nc(N2CCN(c3cccc(Cl)c3)CC2)n1. The van der Waals surface area contributed by atoms with Crippen LogP contribution in [0.4, 0.5) is 11.6 Å². The van der Waals surface area contributed by atoms with Crippen LogP contribution in [0.2, 0.25) is 5.02 Å². The van der Waals surface area contributed by atoms with E-state index in [0.717, 1.165) is 42.6 Å². The lowest BCUT2D eigenvalue weighted by atomic mass is 10.2. The predicted molar refractivity (Wildman–Crippen MR) is 105 cm³/mol. The maximum Gasteiger partial charge on any atom is 0.270 e. The molecule has 1 aliphatic rings. The zero-order chi connectivity index (χ0) is 18.5. The minimum absolute atomic E-state index is 0.214. The normalized spacial score (nSPS) is 14.2. The molecular formula is C19H22ClN5O. The van der Waals surface area contributed by atoms with Crippen LogP contribution in [0.1, 0.15) is 16.2 Å². The summed E-state index contributed by atoms with van der Waals surface area (Å²) in [5, 5.41) is 3.49. The third kappa shape index (κ3) is 4.32. The average Bonchev–Trinajstić information content (AvgIpc) is 2.65. The molecule has 1 N–H and O–H groups in total. The van der Waals surface area contributed by atoms with Gasteiger partial charge in [0.15, 0.2) is 0 Å². The van der Waals surface area contributed by atoms with E-state index >= 15 is 0 Å². The topological polar surface area (TPSA) is 61.4 Å². The second-order valence-corrected chi connectivity index (χ2v) is 6.58. The van der Waals surface area contributed by atoms with Crippen LogP contribution >= 0.6 is 11.6 Å². The summed E-state index contributed by atoms with van der Waals surface area (Å²) in [5.74, 6) is 0.383. The Bertz CT molecular complexity index is 802. The molecule has 0 spiro atoms. The fourth-order valence-electron chi connectivity index (χ4n) is 2.90. The van der Waals surface area contributed by atoms with Crippen LogP contribution in [-0.4, -0.2) is 48.6 Å². The summed E-state index contributed by atoms with van der Waals surface area (Å²) in [6.45, 7) is 9.14. The first kappa shape index (κ1) is 18.2. The van der Waals surface area contributed by atoms with Gasteiger partial charge in [-0.15, -0.1) is 6.58 Å². The number of amides is 1. The Morgan fingerprint density at radius 1 is 1.23 bits per heavy atom. The third-order valence-electron chi connectivity index (χ3n) is 4.22. The van der Waals surface area contributed by atoms with Gasteiger partial charge in [-0.25, -0.2) is 9.97 Å². The molecule has 2 aromatic rings. The fraction of sp³-hybridized carbons (Fsp3) is 0.316. The minimum atomic E-state index is -0.214. The highest BCUT2D eigenvalue weighted by molar-refractivity contribution is 6.30. The van der Waals surface area contributed by atoms with Crippen LogP contribution in [0.15, 0.2) is 43.0 Å². The fourth-order valence-corrected chi connectivity index (χ4v) is 3.09. The van der Waals surface area contributed by atoms with Crippen molar-refractivity contribution in [2.45, 2.75) is 6.92 Å². The van der Waals surface area contributed by atoms with Gasteiger partial charge in [0.25, 0.3) is 5.91 Å². The maximum absolute atomic E-state index is 12.2. The lowest BCUT2D eigenvalue weighted by Crippen LogP contribution is -2.47. The van der Waals surface area contributed by atoms with E-state index in [1.54, 1.807) is 12.1 Å². The predicted octanol–water partition coefficient (Wildman–Crippen LogP) is 2.68. The van der Waals surface area contributed by atoms with Gasteiger partial charge in [-0.1, -0.05) is 23.7 Å². The molecule has 1 saturated heterocycles. The summed E-state index contributed by atoms with van der Waals surface area (Å²) < 4.78 is 0. The molecule has 0 atom stereocenters. The molecule has 7 heteroatoms. The Hall–Kier alpha value is -2.60.